The Hall–Kier alpha value is -1.62. The molecule has 1 fully saturated rings. The van der Waals surface area contributed by atoms with Gasteiger partial charge in [-0.25, -0.2) is 4.98 Å². The van der Waals surface area contributed by atoms with Crippen LogP contribution in [0.4, 0.5) is 17.5 Å². The second-order valence-corrected chi connectivity index (χ2v) is 7.10. The number of anilines is 3. The van der Waals surface area contributed by atoms with Crippen LogP contribution in [0.25, 0.3) is 0 Å². The maximum atomic E-state index is 4.75. The van der Waals surface area contributed by atoms with Crippen LogP contribution < -0.4 is 10.2 Å². The van der Waals surface area contributed by atoms with Gasteiger partial charge in [0.2, 0.25) is 5.95 Å². The van der Waals surface area contributed by atoms with Gasteiger partial charge in [0.1, 0.15) is 5.82 Å². The van der Waals surface area contributed by atoms with Crippen LogP contribution in [0, 0.1) is 13.8 Å². The number of benzene rings is 1. The molecule has 1 aliphatic heterocycles. The Morgan fingerprint density at radius 2 is 1.74 bits per heavy atom. The first-order valence-corrected chi connectivity index (χ1v) is 9.05. The standard InChI is InChI=1S/C18H23BrN4/c1-13-11-15(19)7-8-16(13)21-17-12-14(2)20-18(22-17)23-9-5-3-4-6-10-23/h7-8,11-12H,3-6,9-10H2,1-2H3,(H,20,21,22). The zero-order valence-corrected chi connectivity index (χ0v) is 15.4. The molecule has 122 valence electrons. The van der Waals surface area contributed by atoms with Gasteiger partial charge in [-0.2, -0.15) is 4.98 Å². The van der Waals surface area contributed by atoms with E-state index in [1.165, 1.54) is 31.2 Å². The third kappa shape index (κ3) is 4.22. The Morgan fingerprint density at radius 3 is 2.43 bits per heavy atom. The molecule has 0 radical (unpaired) electrons. The summed E-state index contributed by atoms with van der Waals surface area (Å²) >= 11 is 3.50. The van der Waals surface area contributed by atoms with Gasteiger partial charge in [0.05, 0.1) is 0 Å². The van der Waals surface area contributed by atoms with Crippen molar-refractivity contribution in [1.82, 2.24) is 9.97 Å². The lowest BCUT2D eigenvalue weighted by Gasteiger charge is -2.21. The van der Waals surface area contributed by atoms with E-state index in [-0.39, 0.29) is 0 Å². The molecule has 3 rings (SSSR count). The van der Waals surface area contributed by atoms with Crippen LogP contribution in [0.3, 0.4) is 0 Å². The largest absolute Gasteiger partial charge is 0.341 e. The van der Waals surface area contributed by atoms with Crippen molar-refractivity contribution in [1.29, 1.82) is 0 Å². The fraction of sp³-hybridized carbons (Fsp3) is 0.444. The lowest BCUT2D eigenvalue weighted by Crippen LogP contribution is -2.26. The lowest BCUT2D eigenvalue weighted by atomic mass is 10.2. The molecule has 0 amide bonds. The van der Waals surface area contributed by atoms with E-state index >= 15 is 0 Å². The van der Waals surface area contributed by atoms with E-state index in [1.807, 2.05) is 19.1 Å². The molecule has 0 atom stereocenters. The van der Waals surface area contributed by atoms with Crippen molar-refractivity contribution in [3.05, 3.63) is 40.0 Å². The molecule has 4 nitrogen and oxygen atoms in total. The Morgan fingerprint density at radius 1 is 1.00 bits per heavy atom. The second kappa shape index (κ2) is 7.30. The number of aromatic nitrogens is 2. The molecule has 0 spiro atoms. The molecule has 1 aromatic carbocycles. The SMILES string of the molecule is Cc1cc(Nc2ccc(Br)cc2C)nc(N2CCCCCC2)n1. The van der Waals surface area contributed by atoms with Crippen LogP contribution in [0.2, 0.25) is 0 Å². The molecule has 0 bridgehead atoms. The predicted octanol–water partition coefficient (Wildman–Crippen LogP) is 4.98. The summed E-state index contributed by atoms with van der Waals surface area (Å²) in [6.45, 7) is 6.24. The molecule has 0 aliphatic carbocycles. The van der Waals surface area contributed by atoms with Crippen LogP contribution in [0.15, 0.2) is 28.7 Å². The maximum Gasteiger partial charge on any atom is 0.227 e. The topological polar surface area (TPSA) is 41.1 Å². The maximum absolute atomic E-state index is 4.75. The van der Waals surface area contributed by atoms with Crippen molar-refractivity contribution in [3.8, 4) is 0 Å². The number of aryl methyl sites for hydroxylation is 2. The van der Waals surface area contributed by atoms with Gasteiger partial charge >= 0.3 is 0 Å². The summed E-state index contributed by atoms with van der Waals surface area (Å²) in [5, 5.41) is 3.44. The zero-order chi connectivity index (χ0) is 16.2. The fourth-order valence-corrected chi connectivity index (χ4v) is 3.41. The fourth-order valence-electron chi connectivity index (χ4n) is 2.93. The molecule has 1 aliphatic rings. The van der Waals surface area contributed by atoms with Gasteiger partial charge < -0.3 is 10.2 Å². The molecular formula is C18H23BrN4. The predicted molar refractivity (Wildman–Crippen MR) is 99.6 cm³/mol. The van der Waals surface area contributed by atoms with E-state index in [0.717, 1.165) is 40.7 Å². The minimum absolute atomic E-state index is 0.851. The van der Waals surface area contributed by atoms with Crippen molar-refractivity contribution in [2.75, 3.05) is 23.3 Å². The van der Waals surface area contributed by atoms with Gasteiger partial charge in [-0.1, -0.05) is 28.8 Å². The van der Waals surface area contributed by atoms with E-state index in [2.05, 4.69) is 50.2 Å². The van der Waals surface area contributed by atoms with E-state index in [9.17, 15) is 0 Å². The van der Waals surface area contributed by atoms with Crippen molar-refractivity contribution >= 4 is 33.4 Å². The molecule has 5 heteroatoms. The van der Waals surface area contributed by atoms with Crippen LogP contribution in [-0.2, 0) is 0 Å². The molecule has 2 aromatic rings. The highest BCUT2D eigenvalue weighted by Gasteiger charge is 2.14. The van der Waals surface area contributed by atoms with Crippen molar-refractivity contribution < 1.29 is 0 Å². The second-order valence-electron chi connectivity index (χ2n) is 6.18. The van der Waals surface area contributed by atoms with Crippen molar-refractivity contribution in [2.45, 2.75) is 39.5 Å². The highest BCUT2D eigenvalue weighted by atomic mass is 79.9. The number of hydrogen-bond donors (Lipinski definition) is 1. The van der Waals surface area contributed by atoms with Gasteiger partial charge in [-0.3, -0.25) is 0 Å². The third-order valence-corrected chi connectivity index (χ3v) is 4.68. The number of hydrogen-bond acceptors (Lipinski definition) is 4. The van der Waals surface area contributed by atoms with E-state index in [1.54, 1.807) is 0 Å². The van der Waals surface area contributed by atoms with Crippen molar-refractivity contribution in [3.63, 3.8) is 0 Å². The first-order chi connectivity index (χ1) is 11.1. The summed E-state index contributed by atoms with van der Waals surface area (Å²) in [7, 11) is 0. The van der Waals surface area contributed by atoms with Gasteiger partial charge in [-0.15, -0.1) is 0 Å². The first kappa shape index (κ1) is 16.2. The normalized spacial score (nSPS) is 15.3. The molecule has 0 unspecified atom stereocenters. The van der Waals surface area contributed by atoms with Gasteiger partial charge in [-0.05, 0) is 50.5 Å². The van der Waals surface area contributed by atoms with E-state index in [0.29, 0.717) is 0 Å². The smallest absolute Gasteiger partial charge is 0.227 e. The van der Waals surface area contributed by atoms with Crippen molar-refractivity contribution in [2.24, 2.45) is 0 Å². The average molecular weight is 375 g/mol. The summed E-state index contributed by atoms with van der Waals surface area (Å²) in [6.07, 6.45) is 5.08. The third-order valence-electron chi connectivity index (χ3n) is 4.18. The lowest BCUT2D eigenvalue weighted by molar-refractivity contribution is 0.726. The number of halogens is 1. The summed E-state index contributed by atoms with van der Waals surface area (Å²) in [6, 6.07) is 8.22. The highest BCUT2D eigenvalue weighted by Crippen LogP contribution is 2.25. The van der Waals surface area contributed by atoms with E-state index in [4.69, 9.17) is 4.98 Å². The first-order valence-electron chi connectivity index (χ1n) is 8.25. The van der Waals surface area contributed by atoms with Gasteiger partial charge in [0, 0.05) is 35.0 Å². The van der Waals surface area contributed by atoms with Crippen LogP contribution in [0.5, 0.6) is 0 Å². The Balaban J connectivity index is 1.84. The quantitative estimate of drug-likeness (QED) is 0.822. The van der Waals surface area contributed by atoms with Gasteiger partial charge in [0.25, 0.3) is 0 Å². The summed E-state index contributed by atoms with van der Waals surface area (Å²) in [5.41, 5.74) is 3.26. The number of nitrogens with one attached hydrogen (secondary N) is 1. The Kier molecular flexibility index (Phi) is 5.16. The molecule has 23 heavy (non-hydrogen) atoms. The van der Waals surface area contributed by atoms with Crippen LogP contribution in [-0.4, -0.2) is 23.1 Å². The van der Waals surface area contributed by atoms with Gasteiger partial charge in [0.15, 0.2) is 0 Å². The van der Waals surface area contributed by atoms with E-state index < -0.39 is 0 Å². The molecule has 1 aromatic heterocycles. The minimum Gasteiger partial charge on any atom is -0.341 e. The van der Waals surface area contributed by atoms with Crippen LogP contribution in [0.1, 0.15) is 36.9 Å². The average Bonchev–Trinajstić information content (AvgIpc) is 2.79. The molecule has 0 saturated carbocycles. The number of nitrogens with zero attached hydrogens (tertiary/aromatic N) is 3. The van der Waals surface area contributed by atoms with Crippen LogP contribution >= 0.6 is 15.9 Å². The molecule has 1 saturated heterocycles. The summed E-state index contributed by atoms with van der Waals surface area (Å²) < 4.78 is 1.09. The molecule has 2 heterocycles. The minimum atomic E-state index is 0.851. The summed E-state index contributed by atoms with van der Waals surface area (Å²) in [4.78, 5) is 11.7. The zero-order valence-electron chi connectivity index (χ0n) is 13.8. The number of rotatable bonds is 3. The molecule has 1 N–H and O–H groups in total. The summed E-state index contributed by atoms with van der Waals surface area (Å²) in [5.74, 6) is 1.71. The Labute approximate surface area is 146 Å². The monoisotopic (exact) mass is 374 g/mol. The molecular weight excluding hydrogens is 352 g/mol. The highest BCUT2D eigenvalue weighted by molar-refractivity contribution is 9.10. The Bertz CT molecular complexity index is 679.